The fraction of sp³-hybridized carbons (Fsp3) is 1.00. The van der Waals surface area contributed by atoms with Gasteiger partial charge < -0.3 is 10.4 Å². The summed E-state index contributed by atoms with van der Waals surface area (Å²) in [5.74, 6) is 0. The molecule has 0 aromatic rings. The number of likely N-dealkylation sites (N-methyl/N-ethyl adjacent to an activating group) is 1. The van der Waals surface area contributed by atoms with E-state index in [0.717, 1.165) is 19.5 Å². The molecule has 4 nitrogen and oxygen atoms in total. The van der Waals surface area contributed by atoms with E-state index in [1.165, 1.54) is 0 Å². The average molecular weight is 187 g/mol. The zero-order valence-corrected chi connectivity index (χ0v) is 8.75. The van der Waals surface area contributed by atoms with Crippen LogP contribution in [-0.2, 0) is 0 Å². The van der Waals surface area contributed by atoms with E-state index < -0.39 is 6.35 Å². The van der Waals surface area contributed by atoms with Crippen LogP contribution < -0.4 is 10.6 Å². The zero-order valence-electron chi connectivity index (χ0n) is 8.75. The van der Waals surface area contributed by atoms with Crippen LogP contribution in [0.4, 0.5) is 0 Å². The maximum atomic E-state index is 9.72. The molecule has 0 aromatic carbocycles. The lowest BCUT2D eigenvalue weighted by molar-refractivity contribution is -0.0142. The third kappa shape index (κ3) is 3.23. The van der Waals surface area contributed by atoms with Gasteiger partial charge >= 0.3 is 0 Å². The van der Waals surface area contributed by atoms with Gasteiger partial charge in [0.15, 0.2) is 6.35 Å². The van der Waals surface area contributed by atoms with Crippen LogP contribution in [0.2, 0.25) is 0 Å². The Morgan fingerprint density at radius 1 is 1.46 bits per heavy atom. The van der Waals surface area contributed by atoms with Gasteiger partial charge in [-0.15, -0.1) is 0 Å². The van der Waals surface area contributed by atoms with Crippen molar-refractivity contribution in [1.29, 1.82) is 0 Å². The fourth-order valence-electron chi connectivity index (χ4n) is 1.65. The van der Waals surface area contributed by atoms with E-state index in [9.17, 15) is 5.11 Å². The Labute approximate surface area is 80.3 Å². The molecule has 0 bridgehead atoms. The van der Waals surface area contributed by atoms with Crippen LogP contribution in [0.5, 0.6) is 0 Å². The molecule has 0 saturated carbocycles. The first-order valence-corrected chi connectivity index (χ1v) is 4.99. The average Bonchev–Trinajstić information content (AvgIpc) is 2.50. The van der Waals surface area contributed by atoms with Crippen molar-refractivity contribution in [1.82, 2.24) is 15.5 Å². The first kappa shape index (κ1) is 10.9. The Kier molecular flexibility index (Phi) is 4.12. The standard InChI is InChI=1S/C9H21N3O/c1-7(2)11-9(13)12-5-4-8(6-12)10-3/h7-11,13H,4-6H2,1-3H3. The van der Waals surface area contributed by atoms with E-state index >= 15 is 0 Å². The first-order valence-electron chi connectivity index (χ1n) is 4.99. The largest absolute Gasteiger partial charge is 0.365 e. The molecule has 2 unspecified atom stereocenters. The predicted octanol–water partition coefficient (Wildman–Crippen LogP) is -0.446. The highest BCUT2D eigenvalue weighted by Gasteiger charge is 2.25. The lowest BCUT2D eigenvalue weighted by Gasteiger charge is -2.25. The molecular weight excluding hydrogens is 166 g/mol. The van der Waals surface area contributed by atoms with Crippen molar-refractivity contribution in [2.45, 2.75) is 38.7 Å². The molecule has 1 aliphatic rings. The van der Waals surface area contributed by atoms with Gasteiger partial charge in [0, 0.05) is 25.2 Å². The Morgan fingerprint density at radius 2 is 2.15 bits per heavy atom. The highest BCUT2D eigenvalue weighted by Crippen LogP contribution is 2.10. The molecule has 3 N–H and O–H groups in total. The highest BCUT2D eigenvalue weighted by molar-refractivity contribution is 4.80. The van der Waals surface area contributed by atoms with E-state index in [0.29, 0.717) is 12.1 Å². The van der Waals surface area contributed by atoms with Crippen LogP contribution >= 0.6 is 0 Å². The van der Waals surface area contributed by atoms with Gasteiger partial charge in [-0.25, -0.2) is 0 Å². The van der Waals surface area contributed by atoms with E-state index in [-0.39, 0.29) is 0 Å². The van der Waals surface area contributed by atoms with Gasteiger partial charge in [0.05, 0.1) is 0 Å². The number of aliphatic hydroxyl groups is 1. The molecule has 1 aliphatic heterocycles. The molecule has 78 valence electrons. The summed E-state index contributed by atoms with van der Waals surface area (Å²) in [7, 11) is 1.97. The van der Waals surface area contributed by atoms with E-state index in [1.807, 2.05) is 20.9 Å². The number of nitrogens with zero attached hydrogens (tertiary/aromatic N) is 1. The smallest absolute Gasteiger partial charge is 0.163 e. The Morgan fingerprint density at radius 3 is 2.62 bits per heavy atom. The van der Waals surface area contributed by atoms with E-state index in [1.54, 1.807) is 0 Å². The molecule has 0 amide bonds. The number of nitrogens with one attached hydrogen (secondary N) is 2. The van der Waals surface area contributed by atoms with Crippen molar-refractivity contribution in [2.24, 2.45) is 0 Å². The SMILES string of the molecule is CNC1CCN(C(O)NC(C)C)C1. The minimum atomic E-state index is -0.488. The van der Waals surface area contributed by atoms with Crippen LogP contribution in [0.15, 0.2) is 0 Å². The van der Waals surface area contributed by atoms with Crippen molar-refractivity contribution in [3.63, 3.8) is 0 Å². The monoisotopic (exact) mass is 187 g/mol. The van der Waals surface area contributed by atoms with Gasteiger partial charge in [-0.2, -0.15) is 0 Å². The normalized spacial score (nSPS) is 27.0. The quantitative estimate of drug-likeness (QED) is 0.522. The van der Waals surface area contributed by atoms with Crippen LogP contribution in [-0.4, -0.2) is 48.6 Å². The minimum absolute atomic E-state index is 0.323. The molecule has 0 aliphatic carbocycles. The van der Waals surface area contributed by atoms with Gasteiger partial charge in [0.25, 0.3) is 0 Å². The Balaban J connectivity index is 2.28. The summed E-state index contributed by atoms with van der Waals surface area (Å²) in [6.07, 6.45) is 0.631. The number of hydrogen-bond donors (Lipinski definition) is 3. The summed E-state index contributed by atoms with van der Waals surface area (Å²) in [6.45, 7) is 5.97. The fourth-order valence-corrected chi connectivity index (χ4v) is 1.65. The number of hydrogen-bond acceptors (Lipinski definition) is 4. The molecule has 1 fully saturated rings. The van der Waals surface area contributed by atoms with Crippen LogP contribution in [0.25, 0.3) is 0 Å². The summed E-state index contributed by atoms with van der Waals surface area (Å²) in [6, 6.07) is 0.854. The second-order valence-electron chi connectivity index (χ2n) is 3.96. The van der Waals surface area contributed by atoms with Crippen molar-refractivity contribution in [3.05, 3.63) is 0 Å². The molecular formula is C9H21N3O. The minimum Gasteiger partial charge on any atom is -0.365 e. The van der Waals surface area contributed by atoms with Gasteiger partial charge in [-0.05, 0) is 27.3 Å². The topological polar surface area (TPSA) is 47.5 Å². The number of aliphatic hydroxyl groups excluding tert-OH is 1. The van der Waals surface area contributed by atoms with Crippen molar-refractivity contribution in [3.8, 4) is 0 Å². The molecule has 0 spiro atoms. The third-order valence-corrected chi connectivity index (χ3v) is 2.46. The summed E-state index contributed by atoms with van der Waals surface area (Å²) in [5.41, 5.74) is 0. The van der Waals surface area contributed by atoms with E-state index in [2.05, 4.69) is 15.5 Å². The van der Waals surface area contributed by atoms with Crippen molar-refractivity contribution >= 4 is 0 Å². The summed E-state index contributed by atoms with van der Waals surface area (Å²) in [5, 5.41) is 16.0. The van der Waals surface area contributed by atoms with Crippen molar-refractivity contribution < 1.29 is 5.11 Å². The first-order chi connectivity index (χ1) is 6.13. The zero-order chi connectivity index (χ0) is 9.84. The molecule has 1 rings (SSSR count). The number of likely N-dealkylation sites (tertiary alicyclic amines) is 1. The molecule has 0 aromatic heterocycles. The van der Waals surface area contributed by atoms with Crippen LogP contribution in [0.3, 0.4) is 0 Å². The summed E-state index contributed by atoms with van der Waals surface area (Å²) < 4.78 is 0. The lowest BCUT2D eigenvalue weighted by Crippen LogP contribution is -2.48. The molecule has 1 saturated heterocycles. The second-order valence-corrected chi connectivity index (χ2v) is 3.96. The van der Waals surface area contributed by atoms with Crippen LogP contribution in [0.1, 0.15) is 20.3 Å². The van der Waals surface area contributed by atoms with Gasteiger partial charge in [0.1, 0.15) is 0 Å². The van der Waals surface area contributed by atoms with Crippen molar-refractivity contribution in [2.75, 3.05) is 20.1 Å². The third-order valence-electron chi connectivity index (χ3n) is 2.46. The number of rotatable bonds is 4. The highest BCUT2D eigenvalue weighted by atomic mass is 16.3. The summed E-state index contributed by atoms with van der Waals surface area (Å²) >= 11 is 0. The Hall–Kier alpha value is -0.160. The maximum absolute atomic E-state index is 9.72. The predicted molar refractivity (Wildman–Crippen MR) is 53.3 cm³/mol. The maximum Gasteiger partial charge on any atom is 0.163 e. The van der Waals surface area contributed by atoms with Gasteiger partial charge in [0.2, 0.25) is 0 Å². The summed E-state index contributed by atoms with van der Waals surface area (Å²) in [4.78, 5) is 2.06. The van der Waals surface area contributed by atoms with Gasteiger partial charge in [-0.3, -0.25) is 10.2 Å². The van der Waals surface area contributed by atoms with Gasteiger partial charge in [-0.1, -0.05) is 0 Å². The van der Waals surface area contributed by atoms with E-state index in [4.69, 9.17) is 0 Å². The Bertz CT molecular complexity index is 152. The molecule has 2 atom stereocenters. The van der Waals surface area contributed by atoms with Crippen LogP contribution in [0, 0.1) is 0 Å². The second kappa shape index (κ2) is 4.91. The molecule has 13 heavy (non-hydrogen) atoms. The molecule has 0 radical (unpaired) electrons. The molecule has 1 heterocycles. The molecule has 4 heteroatoms. The lowest BCUT2D eigenvalue weighted by atomic mass is 10.3.